The van der Waals surface area contributed by atoms with Crippen LogP contribution in [0.3, 0.4) is 0 Å². The molecule has 2 aromatic rings. The third-order valence-electron chi connectivity index (χ3n) is 2.84. The first-order chi connectivity index (χ1) is 8.52. The highest BCUT2D eigenvalue weighted by molar-refractivity contribution is 7.10. The number of hydrogen-bond acceptors (Lipinski definition) is 4. The molecular formula is C14H17NO2S. The van der Waals surface area contributed by atoms with Gasteiger partial charge in [-0.05, 0) is 44.0 Å². The van der Waals surface area contributed by atoms with Gasteiger partial charge in [0.15, 0.2) is 0 Å². The van der Waals surface area contributed by atoms with Crippen LogP contribution in [-0.4, -0.2) is 17.2 Å². The summed E-state index contributed by atoms with van der Waals surface area (Å²) in [5, 5.41) is 12.2. The Labute approximate surface area is 111 Å². The summed E-state index contributed by atoms with van der Waals surface area (Å²) in [6.07, 6.45) is -0.510. The van der Waals surface area contributed by atoms with Gasteiger partial charge in [0.2, 0.25) is 0 Å². The summed E-state index contributed by atoms with van der Waals surface area (Å²) in [6, 6.07) is 4.12. The van der Waals surface area contributed by atoms with Crippen molar-refractivity contribution in [3.8, 4) is 17.0 Å². The number of aryl methyl sites for hydroxylation is 2. The van der Waals surface area contributed by atoms with Crippen molar-refractivity contribution in [2.75, 3.05) is 7.11 Å². The minimum atomic E-state index is -0.510. The topological polar surface area (TPSA) is 42.4 Å². The molecule has 0 saturated carbocycles. The Hall–Kier alpha value is -1.39. The van der Waals surface area contributed by atoms with E-state index < -0.39 is 6.10 Å². The van der Waals surface area contributed by atoms with Crippen LogP contribution in [0.25, 0.3) is 11.3 Å². The van der Waals surface area contributed by atoms with E-state index in [0.29, 0.717) is 0 Å². The van der Waals surface area contributed by atoms with Crippen LogP contribution >= 0.6 is 11.3 Å². The Bertz CT molecular complexity index is 538. The minimum Gasteiger partial charge on any atom is -0.496 e. The van der Waals surface area contributed by atoms with Gasteiger partial charge in [-0.25, -0.2) is 4.98 Å². The second kappa shape index (κ2) is 5.08. The average molecular weight is 263 g/mol. The number of aliphatic hydroxyl groups is 1. The fourth-order valence-electron chi connectivity index (χ4n) is 2.03. The molecule has 4 heteroatoms. The number of aromatic nitrogens is 1. The van der Waals surface area contributed by atoms with E-state index in [-0.39, 0.29) is 0 Å². The highest BCUT2D eigenvalue weighted by Crippen LogP contribution is 2.31. The number of nitrogens with zero attached hydrogens (tertiary/aromatic N) is 1. The van der Waals surface area contributed by atoms with E-state index >= 15 is 0 Å². The molecular weight excluding hydrogens is 246 g/mol. The van der Waals surface area contributed by atoms with Crippen molar-refractivity contribution in [3.05, 3.63) is 33.6 Å². The molecule has 3 nitrogen and oxygen atoms in total. The molecule has 96 valence electrons. The first-order valence-corrected chi connectivity index (χ1v) is 6.70. The van der Waals surface area contributed by atoms with E-state index in [2.05, 4.69) is 17.1 Å². The molecule has 0 fully saturated rings. The zero-order valence-corrected chi connectivity index (χ0v) is 11.8. The summed E-state index contributed by atoms with van der Waals surface area (Å²) in [6.45, 7) is 5.78. The van der Waals surface area contributed by atoms with Crippen molar-refractivity contribution in [2.24, 2.45) is 0 Å². The van der Waals surface area contributed by atoms with Gasteiger partial charge in [0.1, 0.15) is 16.9 Å². The van der Waals surface area contributed by atoms with Gasteiger partial charge in [-0.1, -0.05) is 0 Å². The second-order valence-corrected chi connectivity index (χ2v) is 5.28. The fraction of sp³-hybridized carbons (Fsp3) is 0.357. The lowest BCUT2D eigenvalue weighted by Crippen LogP contribution is -1.93. The van der Waals surface area contributed by atoms with E-state index in [9.17, 15) is 5.11 Å². The maximum atomic E-state index is 9.50. The van der Waals surface area contributed by atoms with Crippen LogP contribution in [-0.2, 0) is 0 Å². The van der Waals surface area contributed by atoms with Gasteiger partial charge in [-0.2, -0.15) is 0 Å². The lowest BCUT2D eigenvalue weighted by atomic mass is 10.0. The molecule has 1 N–H and O–H groups in total. The molecule has 0 aliphatic heterocycles. The number of ether oxygens (including phenoxy) is 1. The molecule has 1 atom stereocenters. The van der Waals surface area contributed by atoms with Gasteiger partial charge in [-0.3, -0.25) is 0 Å². The summed E-state index contributed by atoms with van der Waals surface area (Å²) in [5.41, 5.74) is 4.16. The highest BCUT2D eigenvalue weighted by atomic mass is 32.1. The predicted octanol–water partition coefficient (Wildman–Crippen LogP) is 3.49. The van der Waals surface area contributed by atoms with Crippen molar-refractivity contribution in [3.63, 3.8) is 0 Å². The summed E-state index contributed by atoms with van der Waals surface area (Å²) >= 11 is 1.48. The molecule has 1 heterocycles. The van der Waals surface area contributed by atoms with E-state index in [1.165, 1.54) is 11.3 Å². The van der Waals surface area contributed by atoms with Crippen molar-refractivity contribution in [1.29, 1.82) is 0 Å². The van der Waals surface area contributed by atoms with Crippen molar-refractivity contribution < 1.29 is 9.84 Å². The number of aliphatic hydroxyl groups excluding tert-OH is 1. The molecule has 0 amide bonds. The first kappa shape index (κ1) is 13.1. The lowest BCUT2D eigenvalue weighted by Gasteiger charge is -2.10. The third-order valence-corrected chi connectivity index (χ3v) is 3.85. The smallest absolute Gasteiger partial charge is 0.124 e. The normalized spacial score (nSPS) is 12.5. The van der Waals surface area contributed by atoms with E-state index in [4.69, 9.17) is 4.74 Å². The predicted molar refractivity (Wildman–Crippen MR) is 74.2 cm³/mol. The van der Waals surface area contributed by atoms with Gasteiger partial charge in [0.05, 0.1) is 12.8 Å². The average Bonchev–Trinajstić information content (AvgIpc) is 2.77. The highest BCUT2D eigenvalue weighted by Gasteiger charge is 2.11. The van der Waals surface area contributed by atoms with Crippen LogP contribution in [0.4, 0.5) is 0 Å². The van der Waals surface area contributed by atoms with Gasteiger partial charge in [-0.15, -0.1) is 11.3 Å². The zero-order valence-electron chi connectivity index (χ0n) is 11.0. The summed E-state index contributed by atoms with van der Waals surface area (Å²) in [7, 11) is 1.68. The summed E-state index contributed by atoms with van der Waals surface area (Å²) in [5.74, 6) is 0.921. The van der Waals surface area contributed by atoms with Crippen molar-refractivity contribution in [2.45, 2.75) is 26.9 Å². The Morgan fingerprint density at radius 2 is 1.89 bits per heavy atom. The summed E-state index contributed by atoms with van der Waals surface area (Å²) in [4.78, 5) is 4.45. The SMILES string of the molecule is COc1c(C)cc(-c2csc(C(C)O)n2)cc1C. The Morgan fingerprint density at radius 1 is 1.28 bits per heavy atom. The number of hydrogen-bond donors (Lipinski definition) is 1. The van der Waals surface area contributed by atoms with Crippen LogP contribution in [0.5, 0.6) is 5.75 Å². The Kier molecular flexibility index (Phi) is 3.68. The van der Waals surface area contributed by atoms with E-state index in [1.807, 2.05) is 19.2 Å². The molecule has 0 aliphatic rings. The number of thiazole rings is 1. The van der Waals surface area contributed by atoms with Crippen LogP contribution in [0.15, 0.2) is 17.5 Å². The van der Waals surface area contributed by atoms with Gasteiger partial charge >= 0.3 is 0 Å². The molecule has 18 heavy (non-hydrogen) atoms. The molecule has 1 aromatic carbocycles. The zero-order chi connectivity index (χ0) is 13.3. The van der Waals surface area contributed by atoms with Gasteiger partial charge in [0.25, 0.3) is 0 Å². The Balaban J connectivity index is 2.44. The van der Waals surface area contributed by atoms with E-state index in [0.717, 1.165) is 33.1 Å². The van der Waals surface area contributed by atoms with Crippen LogP contribution in [0.2, 0.25) is 0 Å². The minimum absolute atomic E-state index is 0.510. The fourth-order valence-corrected chi connectivity index (χ4v) is 2.80. The van der Waals surface area contributed by atoms with Crippen molar-refractivity contribution >= 4 is 11.3 Å². The van der Waals surface area contributed by atoms with Crippen LogP contribution in [0.1, 0.15) is 29.2 Å². The lowest BCUT2D eigenvalue weighted by molar-refractivity contribution is 0.199. The Morgan fingerprint density at radius 3 is 2.33 bits per heavy atom. The van der Waals surface area contributed by atoms with Crippen LogP contribution < -0.4 is 4.74 Å². The largest absolute Gasteiger partial charge is 0.496 e. The van der Waals surface area contributed by atoms with E-state index in [1.54, 1.807) is 14.0 Å². The molecule has 1 aromatic heterocycles. The quantitative estimate of drug-likeness (QED) is 0.921. The molecule has 0 aliphatic carbocycles. The van der Waals surface area contributed by atoms with Crippen molar-refractivity contribution in [1.82, 2.24) is 4.98 Å². The van der Waals surface area contributed by atoms with Gasteiger partial charge in [0, 0.05) is 10.9 Å². The van der Waals surface area contributed by atoms with Crippen LogP contribution in [0, 0.1) is 13.8 Å². The molecule has 0 bridgehead atoms. The first-order valence-electron chi connectivity index (χ1n) is 5.82. The molecule has 1 unspecified atom stereocenters. The number of methoxy groups -OCH3 is 1. The maximum absolute atomic E-state index is 9.50. The molecule has 0 radical (unpaired) electrons. The maximum Gasteiger partial charge on any atom is 0.124 e. The number of rotatable bonds is 3. The summed E-state index contributed by atoms with van der Waals surface area (Å²) < 4.78 is 5.35. The van der Waals surface area contributed by atoms with Gasteiger partial charge < -0.3 is 9.84 Å². The third kappa shape index (κ3) is 2.40. The number of benzene rings is 1. The molecule has 0 saturated heterocycles. The standard InChI is InChI=1S/C14H17NO2S/c1-8-5-11(6-9(2)13(8)17-4)12-7-18-14(15-12)10(3)16/h5-7,10,16H,1-4H3. The molecule has 0 spiro atoms. The molecule has 2 rings (SSSR count). The second-order valence-electron chi connectivity index (χ2n) is 4.39. The monoisotopic (exact) mass is 263 g/mol.